The molecule has 2 N–H and O–H groups in total. The molecule has 7 nitrogen and oxygen atoms in total. The number of hydrogen-bond donors (Lipinski definition) is 2. The van der Waals surface area contributed by atoms with Gasteiger partial charge in [-0.05, 0) is 64.4 Å². The van der Waals surface area contributed by atoms with Crippen molar-refractivity contribution in [3.8, 4) is 0 Å². The van der Waals surface area contributed by atoms with Crippen LogP contribution in [0.2, 0.25) is 0 Å². The van der Waals surface area contributed by atoms with Crippen molar-refractivity contribution in [2.75, 3.05) is 0 Å². The van der Waals surface area contributed by atoms with Crippen LogP contribution in [0.3, 0.4) is 0 Å². The first-order chi connectivity index (χ1) is 15.4. The standard InChI is InChI=1S/C26H36O7/c1-14(2)32-22(30)17-12-15-11-16(27)5-8-23(15,3)26-19(33-26)13-24(4)18(21(17)26)6-9-25(24,31)10-7-20(28)29/h11,14,17-19,21,31H,5-10,12-13H2,1-4H3,(H,28,29)/t17?,18?,19-,21?,23+,24+,25-,26-/m1/s1. The molecule has 0 aromatic heterocycles. The van der Waals surface area contributed by atoms with Crippen molar-refractivity contribution in [2.24, 2.45) is 28.6 Å². The predicted octanol–water partition coefficient (Wildman–Crippen LogP) is 3.42. The minimum absolute atomic E-state index is 0.0239. The molecule has 7 heteroatoms. The molecular weight excluding hydrogens is 424 g/mol. The Kier molecular flexibility index (Phi) is 4.98. The number of epoxide rings is 1. The van der Waals surface area contributed by atoms with E-state index in [9.17, 15) is 24.6 Å². The predicted molar refractivity (Wildman–Crippen MR) is 118 cm³/mol. The van der Waals surface area contributed by atoms with E-state index in [1.165, 1.54) is 0 Å². The Hall–Kier alpha value is -1.73. The highest BCUT2D eigenvalue weighted by atomic mass is 16.6. The Morgan fingerprint density at radius 1 is 1.27 bits per heavy atom. The number of rotatable bonds is 5. The number of ether oxygens (including phenoxy) is 2. The number of carbonyl (C=O) groups is 3. The summed E-state index contributed by atoms with van der Waals surface area (Å²) in [4.78, 5) is 37.0. The van der Waals surface area contributed by atoms with E-state index in [1.54, 1.807) is 6.08 Å². The van der Waals surface area contributed by atoms with Gasteiger partial charge in [0.25, 0.3) is 0 Å². The third kappa shape index (κ3) is 2.97. The van der Waals surface area contributed by atoms with Crippen LogP contribution in [0.5, 0.6) is 0 Å². The van der Waals surface area contributed by atoms with Gasteiger partial charge in [-0.2, -0.15) is 0 Å². The Bertz CT molecular complexity index is 939. The zero-order chi connectivity index (χ0) is 24.0. The Balaban J connectivity index is 1.58. The molecule has 4 fully saturated rings. The van der Waals surface area contributed by atoms with Crippen LogP contribution in [0.4, 0.5) is 0 Å². The quantitative estimate of drug-likeness (QED) is 0.477. The van der Waals surface area contributed by atoms with Crippen LogP contribution in [0, 0.1) is 28.6 Å². The summed E-state index contributed by atoms with van der Waals surface area (Å²) in [7, 11) is 0. The normalized spacial score (nSPS) is 47.7. The van der Waals surface area contributed by atoms with Gasteiger partial charge in [0.2, 0.25) is 0 Å². The Morgan fingerprint density at radius 3 is 2.67 bits per heavy atom. The molecule has 0 radical (unpaired) electrons. The summed E-state index contributed by atoms with van der Waals surface area (Å²) in [6.45, 7) is 7.94. The van der Waals surface area contributed by atoms with Crippen LogP contribution in [0.25, 0.3) is 0 Å². The SMILES string of the molecule is CC(C)OC(=O)C1CC2=CC(=O)CC[C@]2(C)[C@@]23O[C@@H]2C[C@@]2(C)C(CC[C@@]2(O)CCC(=O)O)C13. The van der Waals surface area contributed by atoms with Crippen molar-refractivity contribution in [1.29, 1.82) is 0 Å². The first kappa shape index (κ1) is 23.0. The maximum Gasteiger partial charge on any atom is 0.309 e. The van der Waals surface area contributed by atoms with Crippen molar-refractivity contribution in [3.63, 3.8) is 0 Å². The molecule has 1 saturated heterocycles. The average Bonchev–Trinajstić information content (AvgIpc) is 3.38. The molecule has 3 unspecified atom stereocenters. The molecule has 0 aromatic carbocycles. The lowest BCUT2D eigenvalue weighted by Crippen LogP contribution is -2.63. The number of fused-ring (bicyclic) bond motifs is 3. The Labute approximate surface area is 194 Å². The molecule has 33 heavy (non-hydrogen) atoms. The van der Waals surface area contributed by atoms with E-state index in [0.717, 1.165) is 12.0 Å². The zero-order valence-corrected chi connectivity index (χ0v) is 20.1. The van der Waals surface area contributed by atoms with Crippen molar-refractivity contribution in [3.05, 3.63) is 11.6 Å². The number of hydrogen-bond acceptors (Lipinski definition) is 6. The summed E-state index contributed by atoms with van der Waals surface area (Å²) < 4.78 is 12.3. The topological polar surface area (TPSA) is 113 Å². The smallest absolute Gasteiger partial charge is 0.309 e. The maximum atomic E-state index is 13.4. The van der Waals surface area contributed by atoms with Gasteiger partial charge in [0, 0.05) is 29.6 Å². The fourth-order valence-electron chi connectivity index (χ4n) is 8.39. The van der Waals surface area contributed by atoms with Crippen LogP contribution >= 0.6 is 0 Å². The highest BCUT2D eigenvalue weighted by Gasteiger charge is 2.82. The molecule has 1 aliphatic heterocycles. The summed E-state index contributed by atoms with van der Waals surface area (Å²) in [6, 6.07) is 0. The van der Waals surface area contributed by atoms with Gasteiger partial charge < -0.3 is 19.7 Å². The lowest BCUT2D eigenvalue weighted by atomic mass is 9.43. The van der Waals surface area contributed by atoms with Gasteiger partial charge in [-0.1, -0.05) is 19.4 Å². The number of carboxylic acids is 1. The minimum Gasteiger partial charge on any atom is -0.481 e. The summed E-state index contributed by atoms with van der Waals surface area (Å²) in [5.41, 5.74) is -1.46. The molecule has 0 amide bonds. The minimum atomic E-state index is -1.10. The highest BCUT2D eigenvalue weighted by molar-refractivity contribution is 5.92. The van der Waals surface area contributed by atoms with Crippen LogP contribution in [-0.2, 0) is 23.9 Å². The molecule has 1 spiro atoms. The summed E-state index contributed by atoms with van der Waals surface area (Å²) in [6.07, 6.45) is 5.10. The van der Waals surface area contributed by atoms with Crippen molar-refractivity contribution < 1.29 is 34.1 Å². The van der Waals surface area contributed by atoms with Crippen molar-refractivity contribution in [2.45, 2.75) is 102 Å². The fraction of sp³-hybridized carbons (Fsp3) is 0.808. The third-order valence-corrected chi connectivity index (χ3v) is 10.1. The van der Waals surface area contributed by atoms with Gasteiger partial charge in [0.1, 0.15) is 5.60 Å². The summed E-state index contributed by atoms with van der Waals surface area (Å²) >= 11 is 0. The number of aliphatic carboxylic acids is 1. The zero-order valence-electron chi connectivity index (χ0n) is 20.1. The summed E-state index contributed by atoms with van der Waals surface area (Å²) in [5, 5.41) is 21.0. The molecule has 0 aromatic rings. The van der Waals surface area contributed by atoms with E-state index < -0.39 is 28.5 Å². The molecular formula is C26H36O7. The first-order valence-electron chi connectivity index (χ1n) is 12.4. The monoisotopic (exact) mass is 460 g/mol. The van der Waals surface area contributed by atoms with E-state index in [4.69, 9.17) is 9.47 Å². The molecule has 3 saturated carbocycles. The lowest BCUT2D eigenvalue weighted by Gasteiger charge is -2.58. The van der Waals surface area contributed by atoms with Crippen molar-refractivity contribution >= 4 is 17.7 Å². The number of carbonyl (C=O) groups excluding carboxylic acids is 2. The van der Waals surface area contributed by atoms with Crippen LogP contribution in [-0.4, -0.2) is 51.3 Å². The first-order valence-corrected chi connectivity index (χ1v) is 12.4. The van der Waals surface area contributed by atoms with E-state index in [0.29, 0.717) is 32.1 Å². The fourth-order valence-corrected chi connectivity index (χ4v) is 8.39. The third-order valence-electron chi connectivity index (χ3n) is 10.1. The lowest BCUT2D eigenvalue weighted by molar-refractivity contribution is -0.169. The number of carboxylic acid groups (broad SMARTS) is 1. The molecule has 5 aliphatic rings. The van der Waals surface area contributed by atoms with Crippen LogP contribution in [0.1, 0.15) is 79.1 Å². The van der Waals surface area contributed by atoms with E-state index in [2.05, 4.69) is 13.8 Å². The van der Waals surface area contributed by atoms with Gasteiger partial charge in [-0.25, -0.2) is 0 Å². The Morgan fingerprint density at radius 2 is 2.00 bits per heavy atom. The van der Waals surface area contributed by atoms with E-state index in [1.807, 2.05) is 13.8 Å². The van der Waals surface area contributed by atoms with E-state index in [-0.39, 0.29) is 54.1 Å². The molecule has 4 aliphatic carbocycles. The number of aliphatic hydroxyl groups is 1. The summed E-state index contributed by atoms with van der Waals surface area (Å²) in [5.74, 6) is -1.59. The number of ketones is 1. The van der Waals surface area contributed by atoms with Gasteiger partial charge in [0.05, 0.1) is 23.7 Å². The molecule has 8 atom stereocenters. The van der Waals surface area contributed by atoms with Crippen LogP contribution < -0.4 is 0 Å². The van der Waals surface area contributed by atoms with Gasteiger partial charge in [-0.15, -0.1) is 0 Å². The molecule has 0 bridgehead atoms. The second-order valence-corrected chi connectivity index (χ2v) is 11.9. The van der Waals surface area contributed by atoms with Crippen LogP contribution in [0.15, 0.2) is 11.6 Å². The second-order valence-electron chi connectivity index (χ2n) is 11.9. The highest BCUT2D eigenvalue weighted by Crippen LogP contribution is 2.77. The van der Waals surface area contributed by atoms with Crippen molar-refractivity contribution in [1.82, 2.24) is 0 Å². The molecule has 5 rings (SSSR count). The maximum absolute atomic E-state index is 13.4. The van der Waals surface area contributed by atoms with Gasteiger partial charge >= 0.3 is 11.9 Å². The van der Waals surface area contributed by atoms with Gasteiger partial charge in [-0.3, -0.25) is 14.4 Å². The molecule has 182 valence electrons. The molecule has 1 heterocycles. The van der Waals surface area contributed by atoms with E-state index >= 15 is 0 Å². The largest absolute Gasteiger partial charge is 0.481 e. The average molecular weight is 461 g/mol. The van der Waals surface area contributed by atoms with Gasteiger partial charge in [0.15, 0.2) is 5.78 Å². The second kappa shape index (κ2) is 7.14. The number of esters is 1.